The molecule has 0 saturated carbocycles. The van der Waals surface area contributed by atoms with Gasteiger partial charge in [0.1, 0.15) is 5.75 Å². The lowest BCUT2D eigenvalue weighted by molar-refractivity contribution is -0.192. The van der Waals surface area contributed by atoms with Crippen LogP contribution in [0.2, 0.25) is 0 Å². The second-order valence-electron chi connectivity index (χ2n) is 8.84. The number of piperazine rings is 1. The number of alkyl halides is 3. The van der Waals surface area contributed by atoms with Gasteiger partial charge in [-0.1, -0.05) is 23.8 Å². The highest BCUT2D eigenvalue weighted by Gasteiger charge is 2.38. The third-order valence-electron chi connectivity index (χ3n) is 6.08. The highest BCUT2D eigenvalue weighted by Crippen LogP contribution is 2.28. The minimum Gasteiger partial charge on any atom is -0.497 e. The fraction of sp³-hybridized carbons (Fsp3) is 0.250. The Hall–Kier alpha value is -4.74. The highest BCUT2D eigenvalue weighted by molar-refractivity contribution is 6.05. The zero-order valence-corrected chi connectivity index (χ0v) is 21.7. The van der Waals surface area contributed by atoms with Crippen LogP contribution in [0, 0.1) is 6.92 Å². The number of nitrogens with one attached hydrogen (secondary N) is 1. The van der Waals surface area contributed by atoms with E-state index >= 15 is 0 Å². The Labute approximate surface area is 228 Å². The van der Waals surface area contributed by atoms with Gasteiger partial charge in [-0.3, -0.25) is 4.79 Å². The second-order valence-corrected chi connectivity index (χ2v) is 8.84. The Morgan fingerprint density at radius 1 is 0.875 bits per heavy atom. The number of carboxylic acids is 2. The average Bonchev–Trinajstić information content (AvgIpc) is 2.93. The van der Waals surface area contributed by atoms with Crippen LogP contribution in [0.25, 0.3) is 0 Å². The quantitative estimate of drug-likeness (QED) is 0.390. The van der Waals surface area contributed by atoms with E-state index in [2.05, 4.69) is 15.1 Å². The number of hydrogen-bond donors (Lipinski definition) is 3. The number of aryl methyl sites for hydroxylation is 1. The fourth-order valence-electron chi connectivity index (χ4n) is 3.98. The molecule has 1 heterocycles. The summed E-state index contributed by atoms with van der Waals surface area (Å²) in [7, 11) is 1.65. The van der Waals surface area contributed by atoms with Gasteiger partial charge in [-0.2, -0.15) is 13.2 Å². The summed E-state index contributed by atoms with van der Waals surface area (Å²) in [4.78, 5) is 37.8. The first-order valence-corrected chi connectivity index (χ1v) is 12.1. The lowest BCUT2D eigenvalue weighted by Crippen LogP contribution is -2.47. The standard InChI is InChI=1S/C26H27N3O4.C2HF3O2/c1-18-6-8-19(9-7-18)25(30)27-20-10-11-24(23(16-20)26(31)32)29-14-12-28(13-15-29)21-4-3-5-22(17-21)33-2;3-2(4,5)1(6)7/h3-11,16-17H,12-15H2,1-2H3,(H,27,30)(H,31,32);(H,6,7). The van der Waals surface area contributed by atoms with Crippen LogP contribution in [0.15, 0.2) is 66.7 Å². The topological polar surface area (TPSA) is 119 Å². The molecule has 1 amide bonds. The largest absolute Gasteiger partial charge is 0.497 e. The number of hydrogen-bond acceptors (Lipinski definition) is 6. The second kappa shape index (κ2) is 12.9. The van der Waals surface area contributed by atoms with Crippen molar-refractivity contribution in [1.82, 2.24) is 0 Å². The number of carboxylic acid groups (broad SMARTS) is 2. The van der Waals surface area contributed by atoms with Crippen molar-refractivity contribution in [1.29, 1.82) is 0 Å². The molecule has 1 fully saturated rings. The summed E-state index contributed by atoms with van der Waals surface area (Å²) in [6, 6.07) is 20.2. The van der Waals surface area contributed by atoms with Crippen LogP contribution in [0.3, 0.4) is 0 Å². The summed E-state index contributed by atoms with van der Waals surface area (Å²) in [5.74, 6) is -3.24. The van der Waals surface area contributed by atoms with Gasteiger partial charge in [-0.05, 0) is 49.4 Å². The molecule has 1 saturated heterocycles. The smallest absolute Gasteiger partial charge is 0.490 e. The van der Waals surface area contributed by atoms with Crippen LogP contribution < -0.4 is 19.9 Å². The molecule has 12 heteroatoms. The molecule has 3 N–H and O–H groups in total. The maximum absolute atomic E-state index is 12.5. The maximum Gasteiger partial charge on any atom is 0.490 e. The predicted octanol–water partition coefficient (Wildman–Crippen LogP) is 4.91. The zero-order chi connectivity index (χ0) is 29.4. The Balaban J connectivity index is 0.000000559. The minimum atomic E-state index is -5.08. The van der Waals surface area contributed by atoms with E-state index in [1.165, 1.54) is 6.07 Å². The predicted molar refractivity (Wildman–Crippen MR) is 144 cm³/mol. The van der Waals surface area contributed by atoms with E-state index in [1.54, 1.807) is 31.4 Å². The van der Waals surface area contributed by atoms with E-state index in [0.717, 1.165) is 30.1 Å². The van der Waals surface area contributed by atoms with Crippen molar-refractivity contribution in [2.24, 2.45) is 0 Å². The number of carbonyl (C=O) groups is 3. The summed E-state index contributed by atoms with van der Waals surface area (Å²) >= 11 is 0. The molecule has 0 radical (unpaired) electrons. The average molecular weight is 560 g/mol. The molecule has 1 aliphatic heterocycles. The molecule has 40 heavy (non-hydrogen) atoms. The number of halogens is 3. The van der Waals surface area contributed by atoms with Crippen LogP contribution in [0.1, 0.15) is 26.3 Å². The third kappa shape index (κ3) is 7.88. The van der Waals surface area contributed by atoms with Gasteiger partial charge in [-0.25, -0.2) is 9.59 Å². The molecule has 3 aromatic carbocycles. The molecule has 0 spiro atoms. The molecule has 0 aromatic heterocycles. The summed E-state index contributed by atoms with van der Waals surface area (Å²) in [6.07, 6.45) is -5.08. The molecule has 0 bridgehead atoms. The van der Waals surface area contributed by atoms with Crippen LogP contribution >= 0.6 is 0 Å². The van der Waals surface area contributed by atoms with Gasteiger partial charge in [-0.15, -0.1) is 0 Å². The molecule has 0 atom stereocenters. The number of nitrogens with zero attached hydrogens (tertiary/aromatic N) is 2. The molecule has 0 unspecified atom stereocenters. The summed E-state index contributed by atoms with van der Waals surface area (Å²) in [5, 5.41) is 19.8. The van der Waals surface area contributed by atoms with Crippen molar-refractivity contribution >= 4 is 34.9 Å². The summed E-state index contributed by atoms with van der Waals surface area (Å²) in [6.45, 7) is 4.85. The monoisotopic (exact) mass is 559 g/mol. The van der Waals surface area contributed by atoms with Gasteiger partial charge in [0.2, 0.25) is 0 Å². The number of carbonyl (C=O) groups excluding carboxylic acids is 1. The van der Waals surface area contributed by atoms with Crippen molar-refractivity contribution < 1.29 is 42.5 Å². The van der Waals surface area contributed by atoms with E-state index in [4.69, 9.17) is 14.6 Å². The van der Waals surface area contributed by atoms with Gasteiger partial charge in [0, 0.05) is 49.2 Å². The van der Waals surface area contributed by atoms with Crippen LogP contribution in [0.5, 0.6) is 5.75 Å². The first-order chi connectivity index (χ1) is 18.9. The minimum absolute atomic E-state index is 0.173. The fourth-order valence-corrected chi connectivity index (χ4v) is 3.98. The molecular formula is C28H28F3N3O6. The number of methoxy groups -OCH3 is 1. The normalized spacial score (nSPS) is 13.1. The number of anilines is 3. The summed E-state index contributed by atoms with van der Waals surface area (Å²) in [5.41, 5.74) is 3.96. The van der Waals surface area contributed by atoms with E-state index < -0.39 is 18.1 Å². The lowest BCUT2D eigenvalue weighted by atomic mass is 10.1. The number of rotatable bonds is 6. The van der Waals surface area contributed by atoms with E-state index in [0.29, 0.717) is 30.0 Å². The molecule has 212 valence electrons. The molecule has 1 aliphatic rings. The van der Waals surface area contributed by atoms with E-state index in [-0.39, 0.29) is 11.5 Å². The molecule has 0 aliphatic carbocycles. The number of aromatic carboxylic acids is 1. The Bertz CT molecular complexity index is 1350. The number of amides is 1. The molecule has 4 rings (SSSR count). The van der Waals surface area contributed by atoms with Gasteiger partial charge in [0.05, 0.1) is 18.4 Å². The lowest BCUT2D eigenvalue weighted by Gasteiger charge is -2.38. The van der Waals surface area contributed by atoms with Gasteiger partial charge in [0.15, 0.2) is 0 Å². The van der Waals surface area contributed by atoms with Crippen molar-refractivity contribution in [3.63, 3.8) is 0 Å². The Kier molecular flexibility index (Phi) is 9.59. The van der Waals surface area contributed by atoms with Gasteiger partial charge in [0.25, 0.3) is 5.91 Å². The third-order valence-corrected chi connectivity index (χ3v) is 6.08. The number of aliphatic carboxylic acids is 1. The van der Waals surface area contributed by atoms with Gasteiger partial charge >= 0.3 is 18.1 Å². The zero-order valence-electron chi connectivity index (χ0n) is 21.7. The number of ether oxygens (including phenoxy) is 1. The van der Waals surface area contributed by atoms with Gasteiger partial charge < -0.3 is 30.1 Å². The first kappa shape index (κ1) is 29.8. The van der Waals surface area contributed by atoms with Crippen LogP contribution in [-0.2, 0) is 4.79 Å². The molecule has 9 nitrogen and oxygen atoms in total. The SMILES string of the molecule is COc1cccc(N2CCN(c3ccc(NC(=O)c4ccc(C)cc4)cc3C(=O)O)CC2)c1.O=C(O)C(F)(F)F. The van der Waals surface area contributed by atoms with E-state index in [1.807, 2.05) is 43.3 Å². The van der Waals surface area contributed by atoms with E-state index in [9.17, 15) is 27.9 Å². The van der Waals surface area contributed by atoms with Crippen molar-refractivity contribution in [3.05, 3.63) is 83.4 Å². The number of benzene rings is 3. The van der Waals surface area contributed by atoms with Crippen molar-refractivity contribution in [3.8, 4) is 5.75 Å². The Morgan fingerprint density at radius 3 is 2.02 bits per heavy atom. The summed E-state index contributed by atoms with van der Waals surface area (Å²) < 4.78 is 37.1. The highest BCUT2D eigenvalue weighted by atomic mass is 19.4. The maximum atomic E-state index is 12.5. The Morgan fingerprint density at radius 2 is 1.48 bits per heavy atom. The molecule has 3 aromatic rings. The first-order valence-electron chi connectivity index (χ1n) is 12.1. The van der Waals surface area contributed by atoms with Crippen LogP contribution in [0.4, 0.5) is 30.2 Å². The molecular weight excluding hydrogens is 531 g/mol. The van der Waals surface area contributed by atoms with Crippen molar-refractivity contribution in [2.45, 2.75) is 13.1 Å². The van der Waals surface area contributed by atoms with Crippen LogP contribution in [-0.4, -0.2) is 67.5 Å². The van der Waals surface area contributed by atoms with Crippen molar-refractivity contribution in [2.75, 3.05) is 48.4 Å².